The predicted octanol–water partition coefficient (Wildman–Crippen LogP) is 5.97. The number of benzene rings is 2. The summed E-state index contributed by atoms with van der Waals surface area (Å²) in [6.07, 6.45) is 0. The van der Waals surface area contributed by atoms with Gasteiger partial charge in [-0.1, -0.05) is 67.4 Å². The average Bonchev–Trinajstić information content (AvgIpc) is 3.07. The van der Waals surface area contributed by atoms with Gasteiger partial charge in [-0.05, 0) is 41.3 Å². The topological polar surface area (TPSA) is 64.1 Å². The second kappa shape index (κ2) is 8.47. The first-order valence-corrected chi connectivity index (χ1v) is 10.1. The van der Waals surface area contributed by atoms with E-state index in [4.69, 9.17) is 27.9 Å². The van der Waals surface area contributed by atoms with E-state index in [1.165, 1.54) is 16.9 Å². The van der Waals surface area contributed by atoms with Crippen molar-refractivity contribution in [3.05, 3.63) is 68.6 Å². The lowest BCUT2D eigenvalue weighted by Gasteiger charge is -2.18. The highest BCUT2D eigenvalue weighted by atomic mass is 35.5. The highest BCUT2D eigenvalue weighted by molar-refractivity contribution is 7.15. The van der Waals surface area contributed by atoms with Gasteiger partial charge in [-0.3, -0.25) is 10.1 Å². The number of rotatable bonds is 5. The van der Waals surface area contributed by atoms with Crippen molar-refractivity contribution in [1.29, 1.82) is 0 Å². The zero-order valence-corrected chi connectivity index (χ0v) is 18.0. The molecule has 146 valence electrons. The van der Waals surface area contributed by atoms with Gasteiger partial charge in [0.2, 0.25) is 5.13 Å². The summed E-state index contributed by atoms with van der Waals surface area (Å²) in [4.78, 5) is 12.4. The molecule has 0 atom stereocenters. The molecule has 0 fully saturated rings. The molecule has 1 amide bonds. The number of ether oxygens (including phenoxy) is 1. The van der Waals surface area contributed by atoms with E-state index < -0.39 is 0 Å². The Bertz CT molecular complexity index is 982. The molecule has 3 rings (SSSR count). The molecule has 0 unspecified atom stereocenters. The summed E-state index contributed by atoms with van der Waals surface area (Å²) in [6.45, 7) is 6.58. The van der Waals surface area contributed by atoms with E-state index in [-0.39, 0.29) is 17.9 Å². The van der Waals surface area contributed by atoms with E-state index in [9.17, 15) is 4.79 Å². The van der Waals surface area contributed by atoms with Crippen LogP contribution in [0.4, 0.5) is 5.13 Å². The number of hydrogen-bond acceptors (Lipinski definition) is 5. The van der Waals surface area contributed by atoms with Crippen molar-refractivity contribution in [1.82, 2.24) is 10.2 Å². The van der Waals surface area contributed by atoms with Crippen molar-refractivity contribution in [3.63, 3.8) is 0 Å². The van der Waals surface area contributed by atoms with Crippen molar-refractivity contribution in [2.45, 2.75) is 32.8 Å². The van der Waals surface area contributed by atoms with Crippen molar-refractivity contribution in [2.75, 3.05) is 5.32 Å². The quantitative estimate of drug-likeness (QED) is 0.535. The third-order valence-electron chi connectivity index (χ3n) is 3.95. The molecule has 0 saturated heterocycles. The Kier molecular flexibility index (Phi) is 6.23. The fourth-order valence-corrected chi connectivity index (χ4v) is 3.50. The van der Waals surface area contributed by atoms with Crippen molar-refractivity contribution in [3.8, 4) is 5.75 Å². The molecule has 0 aliphatic carbocycles. The lowest BCUT2D eigenvalue weighted by atomic mass is 9.87. The van der Waals surface area contributed by atoms with Crippen LogP contribution in [0.25, 0.3) is 0 Å². The van der Waals surface area contributed by atoms with Gasteiger partial charge in [0.25, 0.3) is 5.91 Å². The van der Waals surface area contributed by atoms with Crippen molar-refractivity contribution < 1.29 is 9.53 Å². The summed E-state index contributed by atoms with van der Waals surface area (Å²) in [7, 11) is 0. The van der Waals surface area contributed by atoms with E-state index >= 15 is 0 Å². The van der Waals surface area contributed by atoms with Crippen molar-refractivity contribution >= 4 is 45.6 Å². The van der Waals surface area contributed by atoms with E-state index in [2.05, 4.69) is 36.3 Å². The predicted molar refractivity (Wildman–Crippen MR) is 114 cm³/mol. The maximum atomic E-state index is 12.4. The number of hydrogen-bond donors (Lipinski definition) is 1. The molecule has 0 radical (unpaired) electrons. The maximum Gasteiger partial charge on any atom is 0.257 e. The molecule has 2 aromatic carbocycles. The molecule has 0 aliphatic rings. The monoisotopic (exact) mass is 435 g/mol. The molecule has 8 heteroatoms. The van der Waals surface area contributed by atoms with Crippen LogP contribution in [0.2, 0.25) is 10.0 Å². The largest absolute Gasteiger partial charge is 0.485 e. The van der Waals surface area contributed by atoms with Gasteiger partial charge in [0.05, 0.1) is 5.02 Å². The number of halogens is 2. The van der Waals surface area contributed by atoms with Gasteiger partial charge in [0.1, 0.15) is 12.4 Å². The van der Waals surface area contributed by atoms with E-state index in [1.54, 1.807) is 18.2 Å². The Balaban J connectivity index is 1.60. The summed E-state index contributed by atoms with van der Waals surface area (Å²) in [5, 5.41) is 12.8. The Morgan fingerprint density at radius 3 is 2.46 bits per heavy atom. The van der Waals surface area contributed by atoms with Crippen LogP contribution in [-0.2, 0) is 12.0 Å². The summed E-state index contributed by atoms with van der Waals surface area (Å²) < 4.78 is 5.63. The van der Waals surface area contributed by atoms with Crippen LogP contribution in [0.5, 0.6) is 5.75 Å². The molecule has 1 heterocycles. The Morgan fingerprint density at radius 2 is 1.82 bits per heavy atom. The number of carbonyl (C=O) groups excluding carboxylic acids is 1. The van der Waals surface area contributed by atoms with Crippen LogP contribution in [0.15, 0.2) is 42.5 Å². The van der Waals surface area contributed by atoms with Crippen LogP contribution in [0, 0.1) is 0 Å². The minimum absolute atomic E-state index is 0.0378. The first kappa shape index (κ1) is 20.6. The molecule has 1 N–H and O–H groups in total. The normalized spacial score (nSPS) is 11.3. The first-order valence-electron chi connectivity index (χ1n) is 8.54. The van der Waals surface area contributed by atoms with E-state index in [1.807, 2.05) is 24.3 Å². The lowest BCUT2D eigenvalue weighted by Crippen LogP contribution is -2.14. The molecule has 1 aromatic heterocycles. The zero-order chi connectivity index (χ0) is 20.3. The summed E-state index contributed by atoms with van der Waals surface area (Å²) >= 11 is 13.2. The standard InChI is InChI=1S/C20H19Cl2N3O2S/c1-20(2,3)13-6-4-12(5-7-13)18(26)23-19-25-24-17(28-19)11-27-16-9-8-14(21)10-15(16)22/h4-10H,11H2,1-3H3,(H,23,25,26). The van der Waals surface area contributed by atoms with Gasteiger partial charge in [-0.15, -0.1) is 10.2 Å². The Hall–Kier alpha value is -2.15. The highest BCUT2D eigenvalue weighted by Crippen LogP contribution is 2.29. The number of amides is 1. The third kappa shape index (κ3) is 5.22. The minimum Gasteiger partial charge on any atom is -0.485 e. The second-order valence-electron chi connectivity index (χ2n) is 7.15. The number of carbonyl (C=O) groups is 1. The Labute approximate surface area is 177 Å². The number of nitrogens with zero attached hydrogens (tertiary/aromatic N) is 2. The van der Waals surface area contributed by atoms with Gasteiger partial charge in [-0.25, -0.2) is 0 Å². The lowest BCUT2D eigenvalue weighted by molar-refractivity contribution is 0.102. The highest BCUT2D eigenvalue weighted by Gasteiger charge is 2.15. The van der Waals surface area contributed by atoms with Crippen molar-refractivity contribution in [2.24, 2.45) is 0 Å². The van der Waals surface area contributed by atoms with Gasteiger partial charge in [0.15, 0.2) is 5.01 Å². The van der Waals surface area contributed by atoms with Crippen LogP contribution >= 0.6 is 34.5 Å². The maximum absolute atomic E-state index is 12.4. The fraction of sp³-hybridized carbons (Fsp3) is 0.250. The summed E-state index contributed by atoms with van der Waals surface area (Å²) in [6, 6.07) is 12.5. The molecule has 0 bridgehead atoms. The van der Waals surface area contributed by atoms with Crippen LogP contribution < -0.4 is 10.1 Å². The second-order valence-corrected chi connectivity index (χ2v) is 9.05. The van der Waals surface area contributed by atoms with Crippen LogP contribution in [0.1, 0.15) is 41.7 Å². The number of aromatic nitrogens is 2. The van der Waals surface area contributed by atoms with Gasteiger partial charge in [-0.2, -0.15) is 0 Å². The SMILES string of the molecule is CC(C)(C)c1ccc(C(=O)Nc2nnc(COc3ccc(Cl)cc3Cl)s2)cc1. The molecular formula is C20H19Cl2N3O2S. The molecule has 0 saturated carbocycles. The van der Waals surface area contributed by atoms with Gasteiger partial charge in [0, 0.05) is 10.6 Å². The van der Waals surface area contributed by atoms with E-state index in [0.717, 1.165) is 0 Å². The molecule has 28 heavy (non-hydrogen) atoms. The third-order valence-corrected chi connectivity index (χ3v) is 5.29. The van der Waals surface area contributed by atoms with Crippen LogP contribution in [0.3, 0.4) is 0 Å². The summed E-state index contributed by atoms with van der Waals surface area (Å²) in [5.41, 5.74) is 1.77. The fourth-order valence-electron chi connectivity index (χ4n) is 2.39. The number of anilines is 1. The molecule has 3 aromatic rings. The van der Waals surface area contributed by atoms with E-state index in [0.29, 0.717) is 31.5 Å². The molecule has 0 aliphatic heterocycles. The minimum atomic E-state index is -0.232. The molecular weight excluding hydrogens is 417 g/mol. The smallest absolute Gasteiger partial charge is 0.257 e. The van der Waals surface area contributed by atoms with Crippen LogP contribution in [-0.4, -0.2) is 16.1 Å². The average molecular weight is 436 g/mol. The zero-order valence-electron chi connectivity index (χ0n) is 15.6. The van der Waals surface area contributed by atoms with Gasteiger partial charge < -0.3 is 4.74 Å². The molecule has 0 spiro atoms. The van der Waals surface area contributed by atoms with Gasteiger partial charge >= 0.3 is 0 Å². The number of nitrogens with one attached hydrogen (secondary N) is 1. The molecule has 5 nitrogen and oxygen atoms in total. The summed E-state index contributed by atoms with van der Waals surface area (Å²) in [5.74, 6) is 0.274. The Morgan fingerprint density at radius 1 is 1.11 bits per heavy atom. The first-order chi connectivity index (χ1) is 13.2.